The van der Waals surface area contributed by atoms with Crippen molar-refractivity contribution >= 4 is 15.9 Å². The van der Waals surface area contributed by atoms with E-state index in [4.69, 9.17) is 0 Å². The SMILES string of the molecule is Brc1cnn(-c2ccncc2CNC2CC2)c1. The third-order valence-electron chi connectivity index (χ3n) is 2.83. The van der Waals surface area contributed by atoms with Crippen LogP contribution in [0.2, 0.25) is 0 Å². The van der Waals surface area contributed by atoms with Crippen LogP contribution in [0.3, 0.4) is 0 Å². The van der Waals surface area contributed by atoms with Crippen molar-refractivity contribution in [3.8, 4) is 5.69 Å². The van der Waals surface area contributed by atoms with Crippen molar-refractivity contribution in [2.24, 2.45) is 0 Å². The van der Waals surface area contributed by atoms with Crippen LogP contribution in [-0.4, -0.2) is 20.8 Å². The van der Waals surface area contributed by atoms with Crippen LogP contribution < -0.4 is 5.32 Å². The van der Waals surface area contributed by atoms with E-state index in [9.17, 15) is 0 Å². The zero-order chi connectivity index (χ0) is 11.7. The lowest BCUT2D eigenvalue weighted by Gasteiger charge is -2.09. The summed E-state index contributed by atoms with van der Waals surface area (Å²) >= 11 is 3.41. The first-order chi connectivity index (χ1) is 8.33. The molecule has 0 spiro atoms. The maximum atomic E-state index is 4.30. The smallest absolute Gasteiger partial charge is 0.0721 e. The molecule has 0 saturated heterocycles. The molecule has 2 heterocycles. The number of hydrogen-bond donors (Lipinski definition) is 1. The monoisotopic (exact) mass is 292 g/mol. The van der Waals surface area contributed by atoms with Crippen molar-refractivity contribution in [2.45, 2.75) is 25.4 Å². The fourth-order valence-corrected chi connectivity index (χ4v) is 2.04. The average Bonchev–Trinajstić information content (AvgIpc) is 3.08. The summed E-state index contributed by atoms with van der Waals surface area (Å²) < 4.78 is 2.85. The molecule has 4 nitrogen and oxygen atoms in total. The number of nitrogens with zero attached hydrogens (tertiary/aromatic N) is 3. The minimum Gasteiger partial charge on any atom is -0.310 e. The van der Waals surface area contributed by atoms with E-state index in [2.05, 4.69) is 31.3 Å². The average molecular weight is 293 g/mol. The molecule has 0 atom stereocenters. The van der Waals surface area contributed by atoms with Gasteiger partial charge in [-0.25, -0.2) is 4.68 Å². The highest BCUT2D eigenvalue weighted by Crippen LogP contribution is 2.21. The van der Waals surface area contributed by atoms with Gasteiger partial charge in [-0.1, -0.05) is 0 Å². The molecule has 1 fully saturated rings. The first kappa shape index (κ1) is 10.9. The lowest BCUT2D eigenvalue weighted by molar-refractivity contribution is 0.679. The number of aromatic nitrogens is 3. The van der Waals surface area contributed by atoms with E-state index in [0.29, 0.717) is 6.04 Å². The van der Waals surface area contributed by atoms with Crippen molar-refractivity contribution < 1.29 is 0 Å². The second-order valence-electron chi connectivity index (χ2n) is 4.26. The van der Waals surface area contributed by atoms with Crippen LogP contribution in [0.4, 0.5) is 0 Å². The number of rotatable bonds is 4. The fourth-order valence-electron chi connectivity index (χ4n) is 1.75. The van der Waals surface area contributed by atoms with Gasteiger partial charge in [-0.15, -0.1) is 0 Å². The van der Waals surface area contributed by atoms with E-state index < -0.39 is 0 Å². The van der Waals surface area contributed by atoms with Crippen LogP contribution in [0.15, 0.2) is 35.3 Å². The van der Waals surface area contributed by atoms with Gasteiger partial charge < -0.3 is 5.32 Å². The van der Waals surface area contributed by atoms with E-state index in [0.717, 1.165) is 16.7 Å². The topological polar surface area (TPSA) is 42.7 Å². The van der Waals surface area contributed by atoms with Crippen molar-refractivity contribution in [1.82, 2.24) is 20.1 Å². The zero-order valence-corrected chi connectivity index (χ0v) is 10.9. The predicted octanol–water partition coefficient (Wildman–Crippen LogP) is 2.28. The minimum atomic E-state index is 0.701. The summed E-state index contributed by atoms with van der Waals surface area (Å²) in [4.78, 5) is 4.18. The lowest BCUT2D eigenvalue weighted by atomic mass is 10.2. The number of pyridine rings is 1. The molecule has 0 aliphatic heterocycles. The summed E-state index contributed by atoms with van der Waals surface area (Å²) in [5.41, 5.74) is 2.26. The molecule has 0 bridgehead atoms. The highest BCUT2D eigenvalue weighted by Gasteiger charge is 2.20. The van der Waals surface area contributed by atoms with Gasteiger partial charge in [-0.3, -0.25) is 4.98 Å². The molecule has 5 heteroatoms. The Morgan fingerprint density at radius 3 is 3.00 bits per heavy atom. The Kier molecular flexibility index (Phi) is 2.94. The lowest BCUT2D eigenvalue weighted by Crippen LogP contribution is -2.17. The molecule has 0 unspecified atom stereocenters. The van der Waals surface area contributed by atoms with Crippen molar-refractivity contribution in [3.63, 3.8) is 0 Å². The number of hydrogen-bond acceptors (Lipinski definition) is 3. The normalized spacial score (nSPS) is 15.1. The van der Waals surface area contributed by atoms with Crippen molar-refractivity contribution in [2.75, 3.05) is 0 Å². The van der Waals surface area contributed by atoms with Crippen LogP contribution >= 0.6 is 15.9 Å². The molecule has 0 amide bonds. The molecule has 1 aliphatic carbocycles. The maximum Gasteiger partial charge on any atom is 0.0721 e. The van der Waals surface area contributed by atoms with E-state index >= 15 is 0 Å². The van der Waals surface area contributed by atoms with E-state index in [1.54, 1.807) is 12.4 Å². The molecule has 0 radical (unpaired) electrons. The molecular weight excluding hydrogens is 280 g/mol. The van der Waals surface area contributed by atoms with E-state index in [1.165, 1.54) is 18.4 Å². The van der Waals surface area contributed by atoms with Gasteiger partial charge in [0.05, 0.1) is 16.4 Å². The molecule has 2 aromatic rings. The van der Waals surface area contributed by atoms with Gasteiger partial charge in [-0.05, 0) is 34.8 Å². The van der Waals surface area contributed by atoms with Gasteiger partial charge in [0.1, 0.15) is 0 Å². The van der Waals surface area contributed by atoms with Crippen molar-refractivity contribution in [3.05, 3.63) is 40.9 Å². The summed E-state index contributed by atoms with van der Waals surface area (Å²) in [6, 6.07) is 2.69. The molecule has 3 rings (SSSR count). The van der Waals surface area contributed by atoms with Crippen molar-refractivity contribution in [1.29, 1.82) is 0 Å². The summed E-state index contributed by atoms with van der Waals surface area (Å²) in [5.74, 6) is 0. The third-order valence-corrected chi connectivity index (χ3v) is 3.24. The third kappa shape index (κ3) is 2.56. The van der Waals surface area contributed by atoms with Crippen LogP contribution in [0.1, 0.15) is 18.4 Å². The zero-order valence-electron chi connectivity index (χ0n) is 9.31. The van der Waals surface area contributed by atoms with Gasteiger partial charge in [0, 0.05) is 36.7 Å². The molecule has 2 aromatic heterocycles. The summed E-state index contributed by atoms with van der Waals surface area (Å²) in [6.07, 6.45) is 10.0. The van der Waals surface area contributed by atoms with E-state index in [1.807, 2.05) is 23.1 Å². The second kappa shape index (κ2) is 4.58. The molecule has 1 N–H and O–H groups in total. The number of nitrogens with one attached hydrogen (secondary N) is 1. The standard InChI is InChI=1S/C12H13BrN4/c13-10-7-16-17(8-10)12-3-4-14-5-9(12)6-15-11-1-2-11/h3-5,7-8,11,15H,1-2,6H2. The first-order valence-electron chi connectivity index (χ1n) is 5.70. The minimum absolute atomic E-state index is 0.701. The Morgan fingerprint density at radius 2 is 2.29 bits per heavy atom. The summed E-state index contributed by atoms with van der Waals surface area (Å²) in [6.45, 7) is 0.852. The van der Waals surface area contributed by atoms with Gasteiger partial charge >= 0.3 is 0 Å². The highest BCUT2D eigenvalue weighted by molar-refractivity contribution is 9.10. The molecule has 1 saturated carbocycles. The fraction of sp³-hybridized carbons (Fsp3) is 0.333. The molecule has 88 valence electrons. The Labute approximate surface area is 108 Å². The van der Waals surface area contributed by atoms with Crippen LogP contribution in [0, 0.1) is 0 Å². The highest BCUT2D eigenvalue weighted by atomic mass is 79.9. The Morgan fingerprint density at radius 1 is 1.41 bits per heavy atom. The second-order valence-corrected chi connectivity index (χ2v) is 5.18. The Bertz CT molecular complexity index is 519. The summed E-state index contributed by atoms with van der Waals surface area (Å²) in [7, 11) is 0. The Balaban J connectivity index is 1.86. The largest absolute Gasteiger partial charge is 0.310 e. The van der Waals surface area contributed by atoms with Crippen LogP contribution in [0.25, 0.3) is 5.69 Å². The molecular formula is C12H13BrN4. The number of halogens is 1. The van der Waals surface area contributed by atoms with Crippen LogP contribution in [-0.2, 0) is 6.54 Å². The maximum absolute atomic E-state index is 4.30. The van der Waals surface area contributed by atoms with E-state index in [-0.39, 0.29) is 0 Å². The first-order valence-corrected chi connectivity index (χ1v) is 6.49. The molecule has 17 heavy (non-hydrogen) atoms. The Hall–Kier alpha value is -1.20. The van der Waals surface area contributed by atoms with Gasteiger partial charge in [0.15, 0.2) is 0 Å². The predicted molar refractivity (Wildman–Crippen MR) is 68.9 cm³/mol. The quantitative estimate of drug-likeness (QED) is 0.940. The summed E-state index contributed by atoms with van der Waals surface area (Å²) in [5, 5.41) is 7.80. The van der Waals surface area contributed by atoms with Gasteiger partial charge in [-0.2, -0.15) is 5.10 Å². The van der Waals surface area contributed by atoms with Crippen LogP contribution in [0.5, 0.6) is 0 Å². The molecule has 0 aromatic carbocycles. The van der Waals surface area contributed by atoms with Gasteiger partial charge in [0.2, 0.25) is 0 Å². The van der Waals surface area contributed by atoms with Gasteiger partial charge in [0.25, 0.3) is 0 Å². The molecule has 1 aliphatic rings.